The number of halogens is 17. The van der Waals surface area contributed by atoms with Crippen molar-refractivity contribution in [3.8, 4) is 0 Å². The lowest BCUT2D eigenvalue weighted by atomic mass is 9.88. The molecule has 0 spiro atoms. The second-order valence-electron chi connectivity index (χ2n) is 5.72. The van der Waals surface area contributed by atoms with Crippen LogP contribution in [0.2, 0.25) is 0 Å². The summed E-state index contributed by atoms with van der Waals surface area (Å²) in [6, 6.07) is 0. The molecule has 1 unspecified atom stereocenters. The second-order valence-corrected chi connectivity index (χ2v) is 7.46. The van der Waals surface area contributed by atoms with Gasteiger partial charge in [-0.3, -0.25) is 4.55 Å². The van der Waals surface area contributed by atoms with Crippen LogP contribution >= 0.6 is 0 Å². The monoisotopic (exact) mass is 528 g/mol. The zero-order chi connectivity index (χ0) is 26.1. The van der Waals surface area contributed by atoms with E-state index in [0.29, 0.717) is 0 Å². The summed E-state index contributed by atoms with van der Waals surface area (Å²) in [4.78, 5) is 0. The molecule has 0 radical (unpaired) electrons. The van der Waals surface area contributed by atoms with Crippen LogP contribution in [0.1, 0.15) is 6.92 Å². The van der Waals surface area contributed by atoms with Crippen molar-refractivity contribution in [1.29, 1.82) is 0 Å². The summed E-state index contributed by atoms with van der Waals surface area (Å²) >= 11 is 0. The van der Waals surface area contributed by atoms with Crippen LogP contribution in [-0.2, 0) is 10.1 Å². The highest BCUT2D eigenvalue weighted by Crippen LogP contribution is 2.64. The van der Waals surface area contributed by atoms with Crippen molar-refractivity contribution in [1.82, 2.24) is 0 Å². The topological polar surface area (TPSA) is 54.4 Å². The molecule has 0 aliphatic rings. The average Bonchev–Trinajstić information content (AvgIpc) is 2.50. The van der Waals surface area contributed by atoms with Crippen LogP contribution in [0.4, 0.5) is 74.6 Å². The van der Waals surface area contributed by atoms with Crippen molar-refractivity contribution in [2.45, 2.75) is 59.8 Å². The highest BCUT2D eigenvalue weighted by Gasteiger charge is 2.95. The fourth-order valence-corrected chi connectivity index (χ4v) is 2.14. The normalized spacial score (nSPS) is 17.6. The molecule has 0 aliphatic carbocycles. The van der Waals surface area contributed by atoms with Crippen LogP contribution in [-0.4, -0.2) is 65.9 Å². The zero-order valence-electron chi connectivity index (χ0n) is 13.7. The number of hydrogen-bond acceptors (Lipinski definition) is 2. The van der Waals surface area contributed by atoms with Crippen molar-refractivity contribution in [3.05, 3.63) is 0 Å². The Bertz CT molecular complexity index is 780. The largest absolute Gasteiger partial charge is 0.460 e. The van der Waals surface area contributed by atoms with Gasteiger partial charge in [-0.25, -0.2) is 0 Å². The van der Waals surface area contributed by atoms with Gasteiger partial charge in [-0.15, -0.1) is 0 Å². The Hall–Kier alpha value is -1.28. The molecule has 0 aromatic heterocycles. The first-order valence-corrected chi connectivity index (χ1v) is 8.08. The maximum atomic E-state index is 13.4. The summed E-state index contributed by atoms with van der Waals surface area (Å²) in [5.41, 5.74) is 0. The van der Waals surface area contributed by atoms with Gasteiger partial charge in [0.2, 0.25) is 0 Å². The van der Waals surface area contributed by atoms with Gasteiger partial charge >= 0.3 is 47.6 Å². The van der Waals surface area contributed by atoms with Gasteiger partial charge < -0.3 is 0 Å². The lowest BCUT2D eigenvalue weighted by Crippen LogP contribution is -2.75. The first kappa shape index (κ1) is 29.7. The third kappa shape index (κ3) is 3.77. The van der Waals surface area contributed by atoms with Crippen molar-refractivity contribution in [2.75, 3.05) is 0 Å². The average molecular weight is 528 g/mol. The Labute approximate surface area is 158 Å². The van der Waals surface area contributed by atoms with E-state index in [-0.39, 0.29) is 0 Å². The molecular weight excluding hydrogens is 523 g/mol. The van der Waals surface area contributed by atoms with Crippen LogP contribution in [0.5, 0.6) is 0 Å². The summed E-state index contributed by atoms with van der Waals surface area (Å²) in [6.45, 7) is -0.776. The highest BCUT2D eigenvalue weighted by atomic mass is 32.2. The summed E-state index contributed by atoms with van der Waals surface area (Å²) in [5, 5.41) is -4.53. The van der Waals surface area contributed by atoms with Gasteiger partial charge in [-0.1, -0.05) is 0 Å². The summed E-state index contributed by atoms with van der Waals surface area (Å²) in [7, 11) is -6.57. The fourth-order valence-electron chi connectivity index (χ4n) is 1.62. The molecule has 0 fully saturated rings. The highest BCUT2D eigenvalue weighted by molar-refractivity contribution is 7.86. The maximum Gasteiger partial charge on any atom is 0.460 e. The Morgan fingerprint density at radius 3 is 0.968 bits per heavy atom. The van der Waals surface area contributed by atoms with Crippen LogP contribution in [0.25, 0.3) is 0 Å². The third-order valence-electron chi connectivity index (χ3n) is 3.70. The number of rotatable bonds is 8. The Balaban J connectivity index is 6.91. The molecule has 1 atom stereocenters. The van der Waals surface area contributed by atoms with E-state index in [2.05, 4.69) is 0 Å². The maximum absolute atomic E-state index is 13.4. The quantitative estimate of drug-likeness (QED) is 0.345. The molecule has 0 aromatic carbocycles. The molecule has 0 rings (SSSR count). The van der Waals surface area contributed by atoms with Gasteiger partial charge in [0.15, 0.2) is 5.25 Å². The zero-order valence-corrected chi connectivity index (χ0v) is 14.5. The molecule has 0 heterocycles. The van der Waals surface area contributed by atoms with E-state index < -0.39 is 69.9 Å². The van der Waals surface area contributed by atoms with Gasteiger partial charge in [0.25, 0.3) is 10.1 Å². The standard InChI is InChI=1S/C10H5F17O3S/c1-2(31(28,29)30)3(11,12)4(13,14)5(15,16)6(17,18)7(19,20)8(21,22)9(23,24)10(25,26)27/h2H,1H3,(H,28,29,30). The van der Waals surface area contributed by atoms with Gasteiger partial charge in [-0.2, -0.15) is 83.1 Å². The molecule has 0 saturated carbocycles. The predicted molar refractivity (Wildman–Crippen MR) is 61.7 cm³/mol. The van der Waals surface area contributed by atoms with Crippen molar-refractivity contribution >= 4 is 10.1 Å². The second kappa shape index (κ2) is 7.11. The van der Waals surface area contributed by atoms with E-state index in [1.54, 1.807) is 0 Å². The first-order valence-electron chi connectivity index (χ1n) is 6.58. The number of alkyl halides is 17. The molecule has 0 saturated heterocycles. The van der Waals surface area contributed by atoms with Crippen molar-refractivity contribution in [2.24, 2.45) is 0 Å². The molecule has 21 heteroatoms. The van der Waals surface area contributed by atoms with E-state index in [1.165, 1.54) is 0 Å². The van der Waals surface area contributed by atoms with Crippen LogP contribution in [0.3, 0.4) is 0 Å². The van der Waals surface area contributed by atoms with Gasteiger partial charge in [0.05, 0.1) is 0 Å². The Kier molecular flexibility index (Phi) is 6.81. The van der Waals surface area contributed by atoms with Gasteiger partial charge in [-0.05, 0) is 6.92 Å². The van der Waals surface area contributed by atoms with Crippen molar-refractivity contribution in [3.63, 3.8) is 0 Å². The van der Waals surface area contributed by atoms with E-state index in [9.17, 15) is 83.1 Å². The number of hydrogen-bond donors (Lipinski definition) is 1. The molecular formula is C10H5F17O3S. The molecule has 0 amide bonds. The molecule has 188 valence electrons. The minimum Gasteiger partial charge on any atom is -0.285 e. The first-order chi connectivity index (χ1) is 12.9. The lowest BCUT2D eigenvalue weighted by molar-refractivity contribution is -0.461. The van der Waals surface area contributed by atoms with Crippen LogP contribution in [0.15, 0.2) is 0 Å². The summed E-state index contributed by atoms with van der Waals surface area (Å²) in [6.07, 6.45) is -7.86. The minimum absolute atomic E-state index is 0.776. The predicted octanol–water partition coefficient (Wildman–Crippen LogP) is 5.27. The van der Waals surface area contributed by atoms with Gasteiger partial charge in [0.1, 0.15) is 0 Å². The fraction of sp³-hybridized carbons (Fsp3) is 1.00. The Morgan fingerprint density at radius 1 is 0.516 bits per heavy atom. The molecule has 1 N–H and O–H groups in total. The van der Waals surface area contributed by atoms with Crippen LogP contribution in [0, 0.1) is 0 Å². The molecule has 31 heavy (non-hydrogen) atoms. The van der Waals surface area contributed by atoms with E-state index >= 15 is 0 Å². The van der Waals surface area contributed by atoms with Gasteiger partial charge in [0, 0.05) is 0 Å². The van der Waals surface area contributed by atoms with E-state index in [0.717, 1.165) is 0 Å². The minimum atomic E-state index is -8.80. The molecule has 0 aromatic rings. The molecule has 0 bridgehead atoms. The third-order valence-corrected chi connectivity index (χ3v) is 4.89. The summed E-state index contributed by atoms with van der Waals surface area (Å²) < 4.78 is 248. The van der Waals surface area contributed by atoms with Crippen LogP contribution < -0.4 is 0 Å². The lowest BCUT2D eigenvalue weighted by Gasteiger charge is -2.43. The molecule has 0 aliphatic heterocycles. The smallest absolute Gasteiger partial charge is 0.285 e. The SMILES string of the molecule is CC(C(F)(F)C(F)(F)C(F)(F)C(F)(F)C(F)(F)C(F)(F)C(F)(F)C(F)(F)F)S(=O)(=O)O. The van der Waals surface area contributed by atoms with E-state index in [4.69, 9.17) is 4.55 Å². The molecule has 3 nitrogen and oxygen atoms in total. The Morgan fingerprint density at radius 2 is 0.742 bits per heavy atom. The van der Waals surface area contributed by atoms with E-state index in [1.807, 2.05) is 0 Å². The van der Waals surface area contributed by atoms with Crippen molar-refractivity contribution < 1.29 is 87.6 Å². The summed E-state index contributed by atoms with van der Waals surface area (Å²) in [5.74, 6) is -58.5.